The fourth-order valence-electron chi connectivity index (χ4n) is 3.77. The van der Waals surface area contributed by atoms with Crippen molar-refractivity contribution in [1.29, 1.82) is 0 Å². The Balaban J connectivity index is 1.68. The number of carbonyl (C=O) groups is 1. The number of thiocarbonyl (C=S) groups is 1. The molecule has 1 fully saturated rings. The summed E-state index contributed by atoms with van der Waals surface area (Å²) in [6.07, 6.45) is 3.66. The maximum atomic E-state index is 13.3. The molecule has 0 radical (unpaired) electrons. The van der Waals surface area contributed by atoms with E-state index in [1.54, 1.807) is 11.1 Å². The lowest BCUT2D eigenvalue weighted by molar-refractivity contribution is -0.123. The largest absolute Gasteiger partial charge is 0.346 e. The Morgan fingerprint density at radius 3 is 2.45 bits per heavy atom. The predicted octanol–water partition coefficient (Wildman–Crippen LogP) is 4.77. The van der Waals surface area contributed by atoms with Gasteiger partial charge >= 0.3 is 0 Å². The summed E-state index contributed by atoms with van der Waals surface area (Å²) < 4.78 is 0. The van der Waals surface area contributed by atoms with Crippen molar-refractivity contribution < 1.29 is 4.79 Å². The molecule has 0 atom stereocenters. The molecule has 6 heteroatoms. The van der Waals surface area contributed by atoms with Gasteiger partial charge in [0.15, 0.2) is 5.11 Å². The second-order valence-corrected chi connectivity index (χ2v) is 9.44. The summed E-state index contributed by atoms with van der Waals surface area (Å²) in [5.74, 6) is -0.00891. The maximum Gasteiger partial charge on any atom is 0.258 e. The lowest BCUT2D eigenvalue weighted by atomic mass is 9.87. The molecule has 5 nitrogen and oxygen atoms in total. The van der Waals surface area contributed by atoms with Crippen LogP contribution >= 0.6 is 12.2 Å². The first-order chi connectivity index (χ1) is 13.6. The summed E-state index contributed by atoms with van der Waals surface area (Å²) in [5, 5.41) is 1.58. The highest BCUT2D eigenvalue weighted by atomic mass is 32.1. The van der Waals surface area contributed by atoms with E-state index in [0.717, 1.165) is 22.3 Å². The van der Waals surface area contributed by atoms with Gasteiger partial charge in [0.2, 0.25) is 0 Å². The zero-order valence-corrected chi connectivity index (χ0v) is 18.3. The van der Waals surface area contributed by atoms with E-state index in [1.807, 2.05) is 49.2 Å². The van der Waals surface area contributed by atoms with Gasteiger partial charge < -0.3 is 9.88 Å². The highest BCUT2D eigenvalue weighted by Gasteiger charge is 2.49. The third kappa shape index (κ3) is 3.21. The number of anilines is 1. The molecule has 1 aliphatic heterocycles. The number of benzene rings is 1. The van der Waals surface area contributed by atoms with Crippen molar-refractivity contribution in [3.05, 3.63) is 59.9 Å². The van der Waals surface area contributed by atoms with Crippen LogP contribution in [0.15, 0.2) is 48.8 Å². The number of hydrogen-bond donors (Lipinski definition) is 1. The van der Waals surface area contributed by atoms with Gasteiger partial charge in [0.1, 0.15) is 11.2 Å². The van der Waals surface area contributed by atoms with E-state index in [0.29, 0.717) is 11.7 Å². The summed E-state index contributed by atoms with van der Waals surface area (Å²) in [7, 11) is 0. The van der Waals surface area contributed by atoms with Gasteiger partial charge in [-0.2, -0.15) is 0 Å². The Morgan fingerprint density at radius 2 is 1.79 bits per heavy atom. The summed E-state index contributed by atoms with van der Waals surface area (Å²) in [6.45, 7) is 10.9. The normalized spacial score (nSPS) is 16.9. The molecule has 2 aromatic heterocycles. The van der Waals surface area contributed by atoms with Gasteiger partial charge in [0.25, 0.3) is 5.91 Å². The van der Waals surface area contributed by atoms with Crippen molar-refractivity contribution >= 4 is 40.0 Å². The smallest absolute Gasteiger partial charge is 0.258 e. The van der Waals surface area contributed by atoms with E-state index < -0.39 is 5.54 Å². The minimum atomic E-state index is -0.730. The summed E-state index contributed by atoms with van der Waals surface area (Å²) in [4.78, 5) is 24.5. The van der Waals surface area contributed by atoms with Crippen molar-refractivity contribution in [2.24, 2.45) is 0 Å². The van der Waals surface area contributed by atoms with Gasteiger partial charge in [0, 0.05) is 24.3 Å². The molecule has 0 aliphatic carbocycles. The van der Waals surface area contributed by atoms with Gasteiger partial charge in [-0.25, -0.2) is 4.98 Å². The van der Waals surface area contributed by atoms with Crippen LogP contribution in [-0.2, 0) is 16.8 Å². The Labute approximate surface area is 176 Å². The second-order valence-electron chi connectivity index (χ2n) is 9.08. The molecule has 1 N–H and O–H groups in total. The van der Waals surface area contributed by atoms with E-state index in [9.17, 15) is 4.79 Å². The molecule has 0 saturated carbocycles. The van der Waals surface area contributed by atoms with Gasteiger partial charge in [-0.05, 0) is 66.9 Å². The molecule has 0 unspecified atom stereocenters. The average Bonchev–Trinajstić information content (AvgIpc) is 3.20. The number of fused-ring (bicyclic) bond motifs is 1. The Kier molecular flexibility index (Phi) is 4.50. The summed E-state index contributed by atoms with van der Waals surface area (Å²) in [6, 6.07) is 12.1. The van der Waals surface area contributed by atoms with Crippen molar-refractivity contribution in [3.63, 3.8) is 0 Å². The first kappa shape index (κ1) is 19.6. The molecule has 3 heterocycles. The molecule has 0 bridgehead atoms. The number of H-pyrrole nitrogens is 1. The number of pyridine rings is 1. The van der Waals surface area contributed by atoms with E-state index in [2.05, 4.69) is 42.9 Å². The number of aromatic amines is 1. The van der Waals surface area contributed by atoms with Gasteiger partial charge in [-0.1, -0.05) is 32.9 Å². The fourth-order valence-corrected chi connectivity index (χ4v) is 4.25. The number of carbonyl (C=O) groups excluding carboxylic acids is 1. The molecule has 1 aliphatic rings. The van der Waals surface area contributed by atoms with Gasteiger partial charge in [0.05, 0.1) is 5.69 Å². The number of hydrogen-bond acceptors (Lipinski definition) is 3. The third-order valence-electron chi connectivity index (χ3n) is 5.69. The van der Waals surface area contributed by atoms with Crippen LogP contribution in [0.2, 0.25) is 0 Å². The number of nitrogens with one attached hydrogen (secondary N) is 1. The quantitative estimate of drug-likeness (QED) is 0.637. The van der Waals surface area contributed by atoms with Gasteiger partial charge in [-0.15, -0.1) is 0 Å². The molecule has 29 heavy (non-hydrogen) atoms. The lowest BCUT2D eigenvalue weighted by Crippen LogP contribution is -2.43. The van der Waals surface area contributed by atoms with Crippen LogP contribution in [0.4, 0.5) is 5.69 Å². The number of amides is 1. The van der Waals surface area contributed by atoms with Crippen LogP contribution in [0.3, 0.4) is 0 Å². The second kappa shape index (κ2) is 6.66. The molecule has 0 spiro atoms. The molecule has 3 aromatic rings. The van der Waals surface area contributed by atoms with Crippen LogP contribution < -0.4 is 4.90 Å². The molecular weight excluding hydrogens is 380 g/mol. The van der Waals surface area contributed by atoms with Crippen molar-refractivity contribution in [2.75, 3.05) is 4.90 Å². The van der Waals surface area contributed by atoms with Crippen LogP contribution in [0, 0.1) is 0 Å². The van der Waals surface area contributed by atoms with Crippen molar-refractivity contribution in [2.45, 2.75) is 52.1 Å². The Hall–Kier alpha value is -2.73. The number of rotatable bonds is 3. The molecule has 1 aromatic carbocycles. The van der Waals surface area contributed by atoms with Crippen LogP contribution in [0.25, 0.3) is 11.0 Å². The number of aromatic nitrogens is 2. The standard InChI is InChI=1S/C23H26N4OS/c1-22(2,3)16-6-8-17(9-7-16)27-20(28)23(4,5)26(21(27)29)14-15-10-12-24-19-18(15)11-13-25-19/h6-13H,14H2,1-5H3,(H,24,25). The minimum absolute atomic E-state index is 0.00891. The van der Waals surface area contributed by atoms with E-state index >= 15 is 0 Å². The van der Waals surface area contributed by atoms with Crippen molar-refractivity contribution in [3.8, 4) is 0 Å². The fraction of sp³-hybridized carbons (Fsp3) is 0.348. The van der Waals surface area contributed by atoms with Gasteiger partial charge in [-0.3, -0.25) is 9.69 Å². The first-order valence-corrected chi connectivity index (χ1v) is 10.2. The lowest BCUT2D eigenvalue weighted by Gasteiger charge is -2.29. The van der Waals surface area contributed by atoms with Crippen molar-refractivity contribution in [1.82, 2.24) is 14.9 Å². The maximum absolute atomic E-state index is 13.3. The zero-order chi connectivity index (χ0) is 21.0. The minimum Gasteiger partial charge on any atom is -0.346 e. The van der Waals surface area contributed by atoms with Crippen LogP contribution in [-0.4, -0.2) is 31.4 Å². The van der Waals surface area contributed by atoms with Crippen LogP contribution in [0.1, 0.15) is 45.7 Å². The molecule has 4 rings (SSSR count). The Bertz CT molecular complexity index is 1090. The zero-order valence-electron chi connectivity index (χ0n) is 17.5. The average molecular weight is 407 g/mol. The molecule has 1 saturated heterocycles. The first-order valence-electron chi connectivity index (χ1n) is 9.78. The summed E-state index contributed by atoms with van der Waals surface area (Å²) in [5.41, 5.74) is 3.29. The number of nitrogens with zero attached hydrogens (tertiary/aromatic N) is 3. The summed E-state index contributed by atoms with van der Waals surface area (Å²) >= 11 is 5.79. The van der Waals surface area contributed by atoms with E-state index in [-0.39, 0.29) is 11.3 Å². The molecule has 150 valence electrons. The van der Waals surface area contributed by atoms with Crippen LogP contribution in [0.5, 0.6) is 0 Å². The topological polar surface area (TPSA) is 52.2 Å². The van der Waals surface area contributed by atoms with E-state index in [1.165, 1.54) is 5.56 Å². The van der Waals surface area contributed by atoms with E-state index in [4.69, 9.17) is 12.2 Å². The predicted molar refractivity (Wildman–Crippen MR) is 121 cm³/mol. The molecular formula is C23H26N4OS. The highest BCUT2D eigenvalue weighted by molar-refractivity contribution is 7.80. The monoisotopic (exact) mass is 406 g/mol. The SMILES string of the molecule is CC(C)(C)c1ccc(N2C(=O)C(C)(C)N(Cc3ccnc4[nH]ccc34)C2=S)cc1. The Morgan fingerprint density at radius 1 is 1.10 bits per heavy atom. The highest BCUT2D eigenvalue weighted by Crippen LogP contribution is 2.35. The third-order valence-corrected chi connectivity index (χ3v) is 6.10. The molecule has 1 amide bonds.